The molecule has 2 amide bonds. The van der Waals surface area contributed by atoms with Gasteiger partial charge in [0.05, 0.1) is 11.3 Å². The van der Waals surface area contributed by atoms with Crippen LogP contribution in [-0.4, -0.2) is 24.4 Å². The van der Waals surface area contributed by atoms with E-state index in [-0.39, 0.29) is 29.7 Å². The van der Waals surface area contributed by atoms with Gasteiger partial charge in [0.2, 0.25) is 5.91 Å². The van der Waals surface area contributed by atoms with Crippen molar-refractivity contribution in [3.05, 3.63) is 28.8 Å². The van der Waals surface area contributed by atoms with Crippen molar-refractivity contribution in [2.45, 2.75) is 39.2 Å². The minimum Gasteiger partial charge on any atom is -0.350 e. The summed E-state index contributed by atoms with van der Waals surface area (Å²) in [5.41, 5.74) is 6.61. The molecule has 1 aliphatic carbocycles. The van der Waals surface area contributed by atoms with Crippen molar-refractivity contribution >= 4 is 29.1 Å². The number of carbonyl (C=O) groups is 2. The largest absolute Gasteiger partial charge is 0.350 e. The van der Waals surface area contributed by atoms with E-state index in [0.717, 1.165) is 19.3 Å². The standard InChI is InChI=1S/C17H24ClN3O2/c1-10(2)20-17(23)14-7-6-12(18)8-15(14)21-16(22)13-5-3-4-11(13)9-19/h6-8,10-11,13H,3-5,9,19H2,1-2H3,(H,20,23)(H,21,22)/t11-,13-/m1/s1. The molecule has 0 radical (unpaired) electrons. The lowest BCUT2D eigenvalue weighted by Crippen LogP contribution is -2.33. The van der Waals surface area contributed by atoms with Gasteiger partial charge in [-0.15, -0.1) is 0 Å². The molecule has 0 saturated heterocycles. The fraction of sp³-hybridized carbons (Fsp3) is 0.529. The molecule has 4 N–H and O–H groups in total. The van der Waals surface area contributed by atoms with E-state index in [2.05, 4.69) is 10.6 Å². The molecule has 0 bridgehead atoms. The molecule has 126 valence electrons. The van der Waals surface area contributed by atoms with Crippen LogP contribution in [0, 0.1) is 11.8 Å². The number of nitrogens with two attached hydrogens (primary N) is 1. The number of hydrogen-bond acceptors (Lipinski definition) is 3. The smallest absolute Gasteiger partial charge is 0.253 e. The molecular weight excluding hydrogens is 314 g/mol. The summed E-state index contributed by atoms with van der Waals surface area (Å²) < 4.78 is 0. The molecule has 1 saturated carbocycles. The molecule has 0 aromatic heterocycles. The molecule has 2 rings (SSSR count). The van der Waals surface area contributed by atoms with Crippen LogP contribution in [0.25, 0.3) is 0 Å². The first-order valence-electron chi connectivity index (χ1n) is 8.03. The Hall–Kier alpha value is -1.59. The number of carbonyl (C=O) groups excluding carboxylic acids is 2. The number of amides is 2. The molecule has 1 fully saturated rings. The molecule has 1 aromatic rings. The minimum absolute atomic E-state index is 0.0122. The highest BCUT2D eigenvalue weighted by Gasteiger charge is 2.32. The third kappa shape index (κ3) is 4.45. The van der Waals surface area contributed by atoms with E-state index in [1.54, 1.807) is 18.2 Å². The Morgan fingerprint density at radius 2 is 2.09 bits per heavy atom. The molecule has 0 spiro atoms. The summed E-state index contributed by atoms with van der Waals surface area (Å²) in [5, 5.41) is 6.18. The lowest BCUT2D eigenvalue weighted by atomic mass is 9.95. The Morgan fingerprint density at radius 1 is 1.35 bits per heavy atom. The maximum atomic E-state index is 12.6. The third-order valence-corrected chi connectivity index (χ3v) is 4.44. The lowest BCUT2D eigenvalue weighted by molar-refractivity contribution is -0.120. The molecule has 2 atom stereocenters. The Kier molecular flexibility index (Phi) is 6.02. The Labute approximate surface area is 142 Å². The van der Waals surface area contributed by atoms with Crippen LogP contribution >= 0.6 is 11.6 Å². The minimum atomic E-state index is -0.228. The summed E-state index contributed by atoms with van der Waals surface area (Å²) >= 11 is 6.02. The SMILES string of the molecule is CC(C)NC(=O)c1ccc(Cl)cc1NC(=O)[C@@H]1CCC[C@@H]1CN. The van der Waals surface area contributed by atoms with E-state index in [1.807, 2.05) is 13.8 Å². The van der Waals surface area contributed by atoms with Crippen LogP contribution in [-0.2, 0) is 4.79 Å². The molecule has 1 aliphatic rings. The number of rotatable bonds is 5. The normalized spacial score (nSPS) is 20.6. The summed E-state index contributed by atoms with van der Waals surface area (Å²) in [4.78, 5) is 24.8. The zero-order valence-corrected chi connectivity index (χ0v) is 14.3. The average molecular weight is 338 g/mol. The highest BCUT2D eigenvalue weighted by atomic mass is 35.5. The second kappa shape index (κ2) is 7.79. The molecule has 0 unspecified atom stereocenters. The molecular formula is C17H24ClN3O2. The quantitative estimate of drug-likeness (QED) is 0.772. The van der Waals surface area contributed by atoms with Gasteiger partial charge in [-0.2, -0.15) is 0 Å². The molecule has 23 heavy (non-hydrogen) atoms. The number of hydrogen-bond donors (Lipinski definition) is 3. The Bertz CT molecular complexity index is 589. The van der Waals surface area contributed by atoms with Crippen molar-refractivity contribution in [3.63, 3.8) is 0 Å². The number of nitrogens with one attached hydrogen (secondary N) is 2. The van der Waals surface area contributed by atoms with E-state index < -0.39 is 0 Å². The van der Waals surface area contributed by atoms with Crippen LogP contribution in [0.2, 0.25) is 5.02 Å². The van der Waals surface area contributed by atoms with E-state index >= 15 is 0 Å². The summed E-state index contributed by atoms with van der Waals surface area (Å²) in [7, 11) is 0. The van der Waals surface area contributed by atoms with Crippen LogP contribution in [0.3, 0.4) is 0 Å². The first kappa shape index (κ1) is 17.8. The number of anilines is 1. The summed E-state index contributed by atoms with van der Waals surface area (Å²) in [6.07, 6.45) is 2.82. The molecule has 6 heteroatoms. The Morgan fingerprint density at radius 3 is 2.74 bits per heavy atom. The predicted molar refractivity (Wildman–Crippen MR) is 92.6 cm³/mol. The predicted octanol–water partition coefficient (Wildman–Crippen LogP) is 2.79. The van der Waals surface area contributed by atoms with Gasteiger partial charge in [-0.05, 0) is 57.4 Å². The van der Waals surface area contributed by atoms with Crippen LogP contribution in [0.5, 0.6) is 0 Å². The van der Waals surface area contributed by atoms with Crippen molar-refractivity contribution < 1.29 is 9.59 Å². The van der Waals surface area contributed by atoms with Gasteiger partial charge < -0.3 is 16.4 Å². The molecule has 1 aromatic carbocycles. The van der Waals surface area contributed by atoms with Crippen molar-refractivity contribution in [1.82, 2.24) is 5.32 Å². The number of halogens is 1. The van der Waals surface area contributed by atoms with E-state index in [4.69, 9.17) is 17.3 Å². The van der Waals surface area contributed by atoms with Gasteiger partial charge in [0.25, 0.3) is 5.91 Å². The first-order valence-corrected chi connectivity index (χ1v) is 8.41. The highest BCUT2D eigenvalue weighted by Crippen LogP contribution is 2.32. The van der Waals surface area contributed by atoms with Crippen LogP contribution in [0.4, 0.5) is 5.69 Å². The average Bonchev–Trinajstić information content (AvgIpc) is 2.95. The van der Waals surface area contributed by atoms with Crippen LogP contribution in [0.15, 0.2) is 18.2 Å². The van der Waals surface area contributed by atoms with Crippen molar-refractivity contribution in [3.8, 4) is 0 Å². The zero-order chi connectivity index (χ0) is 17.0. The summed E-state index contributed by atoms with van der Waals surface area (Å²) in [6, 6.07) is 4.90. The third-order valence-electron chi connectivity index (χ3n) is 4.20. The van der Waals surface area contributed by atoms with Crippen LogP contribution in [0.1, 0.15) is 43.5 Å². The van der Waals surface area contributed by atoms with Crippen LogP contribution < -0.4 is 16.4 Å². The zero-order valence-electron chi connectivity index (χ0n) is 13.6. The maximum absolute atomic E-state index is 12.6. The fourth-order valence-corrected chi connectivity index (χ4v) is 3.22. The van der Waals surface area contributed by atoms with Gasteiger partial charge >= 0.3 is 0 Å². The van der Waals surface area contributed by atoms with E-state index in [9.17, 15) is 9.59 Å². The van der Waals surface area contributed by atoms with E-state index in [1.165, 1.54) is 0 Å². The van der Waals surface area contributed by atoms with Crippen molar-refractivity contribution in [2.75, 3.05) is 11.9 Å². The van der Waals surface area contributed by atoms with Gasteiger partial charge in [0.1, 0.15) is 0 Å². The van der Waals surface area contributed by atoms with Gasteiger partial charge in [0.15, 0.2) is 0 Å². The van der Waals surface area contributed by atoms with Crippen molar-refractivity contribution in [2.24, 2.45) is 17.6 Å². The topological polar surface area (TPSA) is 84.2 Å². The van der Waals surface area contributed by atoms with Gasteiger partial charge in [-0.3, -0.25) is 9.59 Å². The molecule has 5 nitrogen and oxygen atoms in total. The molecule has 0 heterocycles. The fourth-order valence-electron chi connectivity index (χ4n) is 3.05. The highest BCUT2D eigenvalue weighted by molar-refractivity contribution is 6.31. The number of benzene rings is 1. The summed E-state index contributed by atoms with van der Waals surface area (Å²) in [6.45, 7) is 4.28. The van der Waals surface area contributed by atoms with Gasteiger partial charge in [-0.25, -0.2) is 0 Å². The van der Waals surface area contributed by atoms with Gasteiger partial charge in [-0.1, -0.05) is 18.0 Å². The first-order chi connectivity index (χ1) is 10.9. The summed E-state index contributed by atoms with van der Waals surface area (Å²) in [5.74, 6) is -0.199. The molecule has 0 aliphatic heterocycles. The Balaban J connectivity index is 2.19. The maximum Gasteiger partial charge on any atom is 0.253 e. The lowest BCUT2D eigenvalue weighted by Gasteiger charge is -2.19. The monoisotopic (exact) mass is 337 g/mol. The van der Waals surface area contributed by atoms with Crippen molar-refractivity contribution in [1.29, 1.82) is 0 Å². The van der Waals surface area contributed by atoms with Gasteiger partial charge in [0, 0.05) is 17.0 Å². The second-order valence-electron chi connectivity index (χ2n) is 6.34. The second-order valence-corrected chi connectivity index (χ2v) is 6.78. The van der Waals surface area contributed by atoms with E-state index in [0.29, 0.717) is 22.8 Å².